The third-order valence-corrected chi connectivity index (χ3v) is 2.69. The Morgan fingerprint density at radius 1 is 1.19 bits per heavy atom. The number of hydrogen-bond donors (Lipinski definition) is 1. The van der Waals surface area contributed by atoms with E-state index in [1.807, 2.05) is 13.8 Å². The van der Waals surface area contributed by atoms with E-state index in [9.17, 15) is 0 Å². The zero-order valence-electron chi connectivity index (χ0n) is 10.5. The van der Waals surface area contributed by atoms with Crippen LogP contribution in [0.15, 0.2) is 0 Å². The van der Waals surface area contributed by atoms with Crippen LogP contribution in [0.5, 0.6) is 0 Å². The largest absolute Gasteiger partial charge is 0.375 e. The summed E-state index contributed by atoms with van der Waals surface area (Å²) in [6.45, 7) is 7.67. The van der Waals surface area contributed by atoms with E-state index >= 15 is 0 Å². The Labute approximate surface area is 98.6 Å². The molecule has 1 rings (SSSR count). The summed E-state index contributed by atoms with van der Waals surface area (Å²) in [5.41, 5.74) is 0. The summed E-state index contributed by atoms with van der Waals surface area (Å²) >= 11 is 0. The van der Waals surface area contributed by atoms with Gasteiger partial charge >= 0.3 is 0 Å². The minimum absolute atomic E-state index is 0.210. The van der Waals surface area contributed by atoms with Crippen molar-refractivity contribution in [1.82, 2.24) is 5.32 Å². The number of hydrogen-bond acceptors (Lipinski definition) is 4. The lowest BCUT2D eigenvalue weighted by atomic mass is 10.1. The van der Waals surface area contributed by atoms with E-state index in [2.05, 4.69) is 5.32 Å². The highest BCUT2D eigenvalue weighted by atomic mass is 16.7. The van der Waals surface area contributed by atoms with Crippen LogP contribution in [0.25, 0.3) is 0 Å². The van der Waals surface area contributed by atoms with Crippen LogP contribution in [0.4, 0.5) is 0 Å². The van der Waals surface area contributed by atoms with Crippen LogP contribution in [0, 0.1) is 0 Å². The average molecular weight is 231 g/mol. The first-order valence-electron chi connectivity index (χ1n) is 6.41. The molecule has 1 heterocycles. The third kappa shape index (κ3) is 5.80. The highest BCUT2D eigenvalue weighted by Gasteiger charge is 2.14. The molecule has 4 nitrogen and oxygen atoms in total. The topological polar surface area (TPSA) is 39.7 Å². The summed E-state index contributed by atoms with van der Waals surface area (Å²) < 4.78 is 16.4. The predicted molar refractivity (Wildman–Crippen MR) is 63.5 cm³/mol. The summed E-state index contributed by atoms with van der Waals surface area (Å²) in [7, 11) is 0. The SMILES string of the molecule is CCOC(COCC1CCCCN1)OCC. The van der Waals surface area contributed by atoms with Crippen LogP contribution in [0.3, 0.4) is 0 Å². The summed E-state index contributed by atoms with van der Waals surface area (Å²) in [5.74, 6) is 0. The second-order valence-electron chi connectivity index (χ2n) is 4.02. The molecule has 1 atom stereocenters. The van der Waals surface area contributed by atoms with Crippen molar-refractivity contribution in [3.8, 4) is 0 Å². The molecule has 1 aliphatic rings. The Bertz CT molecular complexity index is 154. The number of piperidine rings is 1. The van der Waals surface area contributed by atoms with E-state index in [0.29, 0.717) is 25.9 Å². The maximum atomic E-state index is 5.63. The second kappa shape index (κ2) is 8.93. The molecule has 0 aliphatic carbocycles. The van der Waals surface area contributed by atoms with Crippen molar-refractivity contribution < 1.29 is 14.2 Å². The van der Waals surface area contributed by atoms with Gasteiger partial charge in [-0.2, -0.15) is 0 Å². The molecule has 0 saturated carbocycles. The zero-order valence-corrected chi connectivity index (χ0v) is 10.5. The van der Waals surface area contributed by atoms with E-state index in [1.165, 1.54) is 19.3 Å². The van der Waals surface area contributed by atoms with Gasteiger partial charge in [-0.05, 0) is 33.2 Å². The fraction of sp³-hybridized carbons (Fsp3) is 1.00. The maximum Gasteiger partial charge on any atom is 0.180 e. The van der Waals surface area contributed by atoms with E-state index in [0.717, 1.165) is 13.2 Å². The van der Waals surface area contributed by atoms with Crippen molar-refractivity contribution in [2.75, 3.05) is 33.0 Å². The Balaban J connectivity index is 2.06. The fourth-order valence-corrected chi connectivity index (χ4v) is 1.89. The molecule has 4 heteroatoms. The Hall–Kier alpha value is -0.160. The van der Waals surface area contributed by atoms with Gasteiger partial charge in [0.05, 0.1) is 13.2 Å². The lowest BCUT2D eigenvalue weighted by Gasteiger charge is -2.24. The van der Waals surface area contributed by atoms with Gasteiger partial charge in [0.1, 0.15) is 0 Å². The lowest BCUT2D eigenvalue weighted by Crippen LogP contribution is -2.38. The van der Waals surface area contributed by atoms with Gasteiger partial charge < -0.3 is 19.5 Å². The van der Waals surface area contributed by atoms with Crippen molar-refractivity contribution >= 4 is 0 Å². The molecule has 0 aromatic carbocycles. The molecule has 1 fully saturated rings. The molecule has 0 radical (unpaired) electrons. The summed E-state index contributed by atoms with van der Waals surface area (Å²) in [6.07, 6.45) is 3.60. The highest BCUT2D eigenvalue weighted by molar-refractivity contribution is 4.71. The minimum atomic E-state index is -0.210. The van der Waals surface area contributed by atoms with Crippen molar-refractivity contribution in [1.29, 1.82) is 0 Å². The van der Waals surface area contributed by atoms with E-state index < -0.39 is 0 Å². The summed E-state index contributed by atoms with van der Waals surface area (Å²) in [4.78, 5) is 0. The van der Waals surface area contributed by atoms with Gasteiger partial charge in [-0.25, -0.2) is 0 Å². The first-order valence-corrected chi connectivity index (χ1v) is 6.41. The van der Waals surface area contributed by atoms with Crippen molar-refractivity contribution in [3.05, 3.63) is 0 Å². The number of rotatable bonds is 8. The third-order valence-electron chi connectivity index (χ3n) is 2.69. The monoisotopic (exact) mass is 231 g/mol. The van der Waals surface area contributed by atoms with Crippen LogP contribution in [0.1, 0.15) is 33.1 Å². The molecular weight excluding hydrogens is 206 g/mol. The molecule has 1 unspecified atom stereocenters. The van der Waals surface area contributed by atoms with Gasteiger partial charge in [0.15, 0.2) is 6.29 Å². The van der Waals surface area contributed by atoms with Crippen molar-refractivity contribution in [3.63, 3.8) is 0 Å². The van der Waals surface area contributed by atoms with Crippen LogP contribution in [-0.2, 0) is 14.2 Å². The standard InChI is InChI=1S/C12H25NO3/c1-3-15-12(16-4-2)10-14-9-11-7-5-6-8-13-11/h11-13H,3-10H2,1-2H3. The number of ether oxygens (including phenoxy) is 3. The van der Waals surface area contributed by atoms with Gasteiger partial charge in [0, 0.05) is 19.3 Å². The molecular formula is C12H25NO3. The molecule has 1 N–H and O–H groups in total. The summed E-state index contributed by atoms with van der Waals surface area (Å²) in [6, 6.07) is 0.512. The Kier molecular flexibility index (Phi) is 7.76. The van der Waals surface area contributed by atoms with E-state index in [4.69, 9.17) is 14.2 Å². The summed E-state index contributed by atoms with van der Waals surface area (Å²) in [5, 5.41) is 3.45. The quantitative estimate of drug-likeness (QED) is 0.643. The van der Waals surface area contributed by atoms with Crippen LogP contribution in [-0.4, -0.2) is 45.3 Å². The first-order chi connectivity index (χ1) is 7.86. The van der Waals surface area contributed by atoms with Gasteiger partial charge in [-0.15, -0.1) is 0 Å². The van der Waals surface area contributed by atoms with E-state index in [1.54, 1.807) is 0 Å². The Morgan fingerprint density at radius 3 is 2.50 bits per heavy atom. The second-order valence-corrected chi connectivity index (χ2v) is 4.02. The van der Waals surface area contributed by atoms with Gasteiger partial charge in [-0.3, -0.25) is 0 Å². The van der Waals surface area contributed by atoms with Crippen molar-refractivity contribution in [2.45, 2.75) is 45.4 Å². The van der Waals surface area contributed by atoms with Crippen LogP contribution < -0.4 is 5.32 Å². The molecule has 96 valence electrons. The highest BCUT2D eigenvalue weighted by Crippen LogP contribution is 2.07. The average Bonchev–Trinajstić information content (AvgIpc) is 2.31. The Morgan fingerprint density at radius 2 is 1.94 bits per heavy atom. The van der Waals surface area contributed by atoms with Gasteiger partial charge in [-0.1, -0.05) is 6.42 Å². The molecule has 0 aromatic rings. The molecule has 1 aliphatic heterocycles. The minimum Gasteiger partial charge on any atom is -0.375 e. The smallest absolute Gasteiger partial charge is 0.180 e. The lowest BCUT2D eigenvalue weighted by molar-refractivity contribution is -0.168. The fourth-order valence-electron chi connectivity index (χ4n) is 1.89. The van der Waals surface area contributed by atoms with Crippen molar-refractivity contribution in [2.24, 2.45) is 0 Å². The van der Waals surface area contributed by atoms with E-state index in [-0.39, 0.29) is 6.29 Å². The molecule has 0 amide bonds. The normalized spacial score (nSPS) is 21.6. The molecule has 1 saturated heterocycles. The maximum absolute atomic E-state index is 5.63. The molecule has 16 heavy (non-hydrogen) atoms. The van der Waals surface area contributed by atoms with Gasteiger partial charge in [0.2, 0.25) is 0 Å². The molecule has 0 spiro atoms. The first kappa shape index (κ1) is 13.9. The predicted octanol–water partition coefficient (Wildman–Crippen LogP) is 1.54. The number of nitrogens with one attached hydrogen (secondary N) is 1. The molecule has 0 aromatic heterocycles. The molecule has 0 bridgehead atoms. The van der Waals surface area contributed by atoms with Gasteiger partial charge in [0.25, 0.3) is 0 Å². The van der Waals surface area contributed by atoms with Crippen LogP contribution in [0.2, 0.25) is 0 Å². The van der Waals surface area contributed by atoms with Crippen LogP contribution >= 0.6 is 0 Å². The zero-order chi connectivity index (χ0) is 11.6.